The lowest BCUT2D eigenvalue weighted by Gasteiger charge is -2.26. The maximum absolute atomic E-state index is 13.4. The minimum absolute atomic E-state index is 0.0827. The number of anilines is 1. The van der Waals surface area contributed by atoms with Gasteiger partial charge in [0.25, 0.3) is 0 Å². The van der Waals surface area contributed by atoms with Crippen molar-refractivity contribution >= 4 is 23.6 Å². The molecule has 8 nitrogen and oxygen atoms in total. The number of alkyl carbamates (subject to hydrolysis) is 1. The third-order valence-electron chi connectivity index (χ3n) is 5.47. The van der Waals surface area contributed by atoms with Gasteiger partial charge in [-0.05, 0) is 30.2 Å². The quantitative estimate of drug-likeness (QED) is 0.424. The number of ether oxygens (including phenoxy) is 2. The number of benzene rings is 3. The number of amides is 3. The molecule has 8 heteroatoms. The summed E-state index contributed by atoms with van der Waals surface area (Å²) < 4.78 is 10.5. The molecule has 0 saturated carbocycles. The summed E-state index contributed by atoms with van der Waals surface area (Å²) in [5.74, 6) is -0.125. The van der Waals surface area contributed by atoms with Crippen LogP contribution < -0.4 is 15.4 Å². The van der Waals surface area contributed by atoms with Gasteiger partial charge in [-0.2, -0.15) is 0 Å². The van der Waals surface area contributed by atoms with Gasteiger partial charge in [0.15, 0.2) is 0 Å². The highest BCUT2D eigenvalue weighted by molar-refractivity contribution is 5.96. The van der Waals surface area contributed by atoms with E-state index in [0.717, 1.165) is 11.1 Å². The van der Waals surface area contributed by atoms with Crippen molar-refractivity contribution in [1.82, 2.24) is 10.2 Å². The normalized spacial score (nSPS) is 11.2. The van der Waals surface area contributed by atoms with Crippen molar-refractivity contribution in [1.29, 1.82) is 0 Å². The van der Waals surface area contributed by atoms with Gasteiger partial charge in [-0.25, -0.2) is 4.79 Å². The predicted octanol–water partition coefficient (Wildman–Crippen LogP) is 4.02. The fraction of sp³-hybridized carbons (Fsp3) is 0.250. The molecule has 2 N–H and O–H groups in total. The number of hydrogen-bond donors (Lipinski definition) is 2. The van der Waals surface area contributed by atoms with Gasteiger partial charge < -0.3 is 25.0 Å². The molecule has 3 aromatic carbocycles. The second kappa shape index (κ2) is 13.5. The van der Waals surface area contributed by atoms with Crippen LogP contribution in [-0.4, -0.2) is 49.0 Å². The van der Waals surface area contributed by atoms with E-state index in [1.807, 2.05) is 60.7 Å². The molecule has 3 amide bonds. The first-order valence-corrected chi connectivity index (χ1v) is 11.7. The van der Waals surface area contributed by atoms with Crippen LogP contribution in [0.25, 0.3) is 0 Å². The van der Waals surface area contributed by atoms with Crippen LogP contribution in [0.5, 0.6) is 5.75 Å². The average Bonchev–Trinajstić information content (AvgIpc) is 2.91. The summed E-state index contributed by atoms with van der Waals surface area (Å²) >= 11 is 0. The van der Waals surface area contributed by atoms with Crippen molar-refractivity contribution in [3.63, 3.8) is 0 Å². The highest BCUT2D eigenvalue weighted by Gasteiger charge is 2.27. The SMILES string of the molecule is CCN(CC(=O)Nc1cccc(OC)c1)C(=O)[C@H](Cc1ccccc1)NC(=O)OCc1ccccc1. The third-order valence-corrected chi connectivity index (χ3v) is 5.47. The summed E-state index contributed by atoms with van der Waals surface area (Å²) in [5, 5.41) is 5.47. The van der Waals surface area contributed by atoms with Crippen LogP contribution in [0.4, 0.5) is 10.5 Å². The van der Waals surface area contributed by atoms with Gasteiger partial charge in [-0.3, -0.25) is 9.59 Å². The number of methoxy groups -OCH3 is 1. The van der Waals surface area contributed by atoms with Crippen LogP contribution in [0, 0.1) is 0 Å². The van der Waals surface area contributed by atoms with Crippen molar-refractivity contribution in [2.45, 2.75) is 26.0 Å². The number of carbonyl (C=O) groups excluding carboxylic acids is 3. The van der Waals surface area contributed by atoms with Crippen LogP contribution in [-0.2, 0) is 27.4 Å². The van der Waals surface area contributed by atoms with E-state index in [9.17, 15) is 14.4 Å². The van der Waals surface area contributed by atoms with Crippen LogP contribution in [0.3, 0.4) is 0 Å². The predicted molar refractivity (Wildman–Crippen MR) is 138 cm³/mol. The second-order valence-corrected chi connectivity index (χ2v) is 8.08. The molecular weight excluding hydrogens is 458 g/mol. The molecule has 0 unspecified atom stereocenters. The first-order chi connectivity index (χ1) is 17.5. The monoisotopic (exact) mass is 489 g/mol. The first-order valence-electron chi connectivity index (χ1n) is 11.7. The summed E-state index contributed by atoms with van der Waals surface area (Å²) in [6, 6.07) is 24.7. The maximum Gasteiger partial charge on any atom is 0.408 e. The molecule has 0 aliphatic rings. The Kier molecular flexibility index (Phi) is 9.88. The molecule has 0 aliphatic carbocycles. The molecule has 0 bridgehead atoms. The molecule has 3 aromatic rings. The number of hydrogen-bond acceptors (Lipinski definition) is 5. The van der Waals surface area contributed by atoms with E-state index < -0.39 is 12.1 Å². The van der Waals surface area contributed by atoms with Crippen molar-refractivity contribution in [3.8, 4) is 5.75 Å². The molecule has 0 radical (unpaired) electrons. The molecule has 0 saturated heterocycles. The number of rotatable bonds is 11. The van der Waals surface area contributed by atoms with Gasteiger partial charge in [0, 0.05) is 24.7 Å². The van der Waals surface area contributed by atoms with Gasteiger partial charge in [0.05, 0.1) is 13.7 Å². The number of likely N-dealkylation sites (N-methyl/N-ethyl adjacent to an activating group) is 1. The number of carbonyl (C=O) groups is 3. The fourth-order valence-corrected chi connectivity index (χ4v) is 3.60. The van der Waals surface area contributed by atoms with Crippen LogP contribution in [0.15, 0.2) is 84.9 Å². The van der Waals surface area contributed by atoms with Crippen molar-refractivity contribution in [2.75, 3.05) is 25.5 Å². The third kappa shape index (κ3) is 8.16. The van der Waals surface area contributed by atoms with Crippen molar-refractivity contribution < 1.29 is 23.9 Å². The topological polar surface area (TPSA) is 97.0 Å². The molecular formula is C28H31N3O5. The average molecular weight is 490 g/mol. The lowest BCUT2D eigenvalue weighted by Crippen LogP contribution is -2.51. The Morgan fingerprint density at radius 1 is 0.889 bits per heavy atom. The molecule has 0 aliphatic heterocycles. The Hall–Kier alpha value is -4.33. The summed E-state index contributed by atoms with van der Waals surface area (Å²) in [7, 11) is 1.54. The summed E-state index contributed by atoms with van der Waals surface area (Å²) in [6.45, 7) is 1.98. The smallest absolute Gasteiger partial charge is 0.408 e. The van der Waals surface area contributed by atoms with Crippen molar-refractivity contribution in [3.05, 3.63) is 96.1 Å². The highest BCUT2D eigenvalue weighted by atomic mass is 16.5. The minimum Gasteiger partial charge on any atom is -0.497 e. The zero-order valence-corrected chi connectivity index (χ0v) is 20.5. The van der Waals surface area contributed by atoms with E-state index in [1.165, 1.54) is 4.90 Å². The Morgan fingerprint density at radius 3 is 2.19 bits per heavy atom. The molecule has 0 heterocycles. The first kappa shape index (κ1) is 26.3. The highest BCUT2D eigenvalue weighted by Crippen LogP contribution is 2.17. The van der Waals surface area contributed by atoms with E-state index >= 15 is 0 Å². The molecule has 0 fully saturated rings. The van der Waals surface area contributed by atoms with E-state index in [4.69, 9.17) is 9.47 Å². The molecule has 1 atom stereocenters. The van der Waals surface area contributed by atoms with Crippen LogP contribution in [0.1, 0.15) is 18.1 Å². The summed E-state index contributed by atoms with van der Waals surface area (Å²) in [4.78, 5) is 40.1. The Bertz CT molecular complexity index is 1140. The zero-order chi connectivity index (χ0) is 25.8. The standard InChI is InChI=1S/C28H31N3O5/c1-3-31(19-26(32)29-23-15-10-16-24(18-23)35-2)27(33)25(17-21-11-6-4-7-12-21)30-28(34)36-20-22-13-8-5-9-14-22/h4-16,18,25H,3,17,19-20H2,1-2H3,(H,29,32)(H,30,34)/t25-/m0/s1. The van der Waals surface area contributed by atoms with Gasteiger partial charge in [0.2, 0.25) is 11.8 Å². The maximum atomic E-state index is 13.4. The van der Waals surface area contributed by atoms with E-state index in [1.54, 1.807) is 38.3 Å². The second-order valence-electron chi connectivity index (χ2n) is 8.08. The number of nitrogens with one attached hydrogen (secondary N) is 2. The Balaban J connectivity index is 1.67. The Morgan fingerprint density at radius 2 is 1.56 bits per heavy atom. The molecule has 188 valence electrons. The van der Waals surface area contributed by atoms with Gasteiger partial charge in [-0.1, -0.05) is 66.7 Å². The van der Waals surface area contributed by atoms with Gasteiger partial charge in [0.1, 0.15) is 18.4 Å². The molecule has 3 rings (SSSR count). The minimum atomic E-state index is -0.903. The van der Waals surface area contributed by atoms with E-state index in [-0.39, 0.29) is 37.9 Å². The van der Waals surface area contributed by atoms with Gasteiger partial charge in [-0.15, -0.1) is 0 Å². The molecule has 0 spiro atoms. The van der Waals surface area contributed by atoms with Crippen LogP contribution in [0.2, 0.25) is 0 Å². The largest absolute Gasteiger partial charge is 0.497 e. The van der Waals surface area contributed by atoms with Crippen LogP contribution >= 0.6 is 0 Å². The summed E-state index contributed by atoms with van der Waals surface area (Å²) in [6.07, 6.45) is -0.446. The zero-order valence-electron chi connectivity index (χ0n) is 20.5. The fourth-order valence-electron chi connectivity index (χ4n) is 3.60. The lowest BCUT2D eigenvalue weighted by atomic mass is 10.0. The number of nitrogens with zero attached hydrogens (tertiary/aromatic N) is 1. The van der Waals surface area contributed by atoms with Gasteiger partial charge >= 0.3 is 6.09 Å². The van der Waals surface area contributed by atoms with E-state index in [0.29, 0.717) is 11.4 Å². The summed E-state index contributed by atoms with van der Waals surface area (Å²) in [5.41, 5.74) is 2.27. The molecule has 0 aromatic heterocycles. The molecule has 36 heavy (non-hydrogen) atoms. The Labute approximate surface area is 211 Å². The van der Waals surface area contributed by atoms with Crippen molar-refractivity contribution in [2.24, 2.45) is 0 Å². The lowest BCUT2D eigenvalue weighted by molar-refractivity contribution is -0.136. The van der Waals surface area contributed by atoms with E-state index in [2.05, 4.69) is 10.6 Å².